The van der Waals surface area contributed by atoms with E-state index < -0.39 is 0 Å². The Bertz CT molecular complexity index is 615. The van der Waals surface area contributed by atoms with Gasteiger partial charge < -0.3 is 4.74 Å². The summed E-state index contributed by atoms with van der Waals surface area (Å²) in [5.74, 6) is 1.03. The predicted octanol–water partition coefficient (Wildman–Crippen LogP) is 4.13. The molecule has 0 atom stereocenters. The van der Waals surface area contributed by atoms with Crippen molar-refractivity contribution in [1.29, 1.82) is 0 Å². The van der Waals surface area contributed by atoms with E-state index in [1.54, 1.807) is 7.11 Å². The van der Waals surface area contributed by atoms with Gasteiger partial charge in [-0.15, -0.1) is 0 Å². The highest BCUT2D eigenvalue weighted by Crippen LogP contribution is 2.16. The van der Waals surface area contributed by atoms with Crippen molar-refractivity contribution in [2.75, 3.05) is 7.11 Å². The Morgan fingerprint density at radius 1 is 1.05 bits per heavy atom. The Labute approximate surface area is 120 Å². The number of ketones is 1. The van der Waals surface area contributed by atoms with E-state index in [0.29, 0.717) is 6.42 Å². The summed E-state index contributed by atoms with van der Waals surface area (Å²) < 4.78 is 5.19. The van der Waals surface area contributed by atoms with Crippen LogP contribution in [0.4, 0.5) is 0 Å². The van der Waals surface area contributed by atoms with Gasteiger partial charge in [-0.2, -0.15) is 0 Å². The average molecular weight is 268 g/mol. The third kappa shape index (κ3) is 3.47. The SMILES string of the molecule is COc1cccc(CCC(=O)c2ccc(C)c(C)c2)c1. The smallest absolute Gasteiger partial charge is 0.163 e. The topological polar surface area (TPSA) is 26.3 Å². The lowest BCUT2D eigenvalue weighted by atomic mass is 9.99. The molecule has 2 aromatic carbocycles. The fraction of sp³-hybridized carbons (Fsp3) is 0.278. The van der Waals surface area contributed by atoms with Crippen LogP contribution in [0.1, 0.15) is 33.5 Å². The lowest BCUT2D eigenvalue weighted by Gasteiger charge is -2.06. The summed E-state index contributed by atoms with van der Waals surface area (Å²) >= 11 is 0. The van der Waals surface area contributed by atoms with Crippen LogP contribution < -0.4 is 4.74 Å². The van der Waals surface area contributed by atoms with Crippen molar-refractivity contribution >= 4 is 5.78 Å². The standard InChI is InChI=1S/C18H20O2/c1-13-7-9-16(11-14(13)2)18(19)10-8-15-5-4-6-17(12-15)20-3/h4-7,9,11-12H,8,10H2,1-3H3. The van der Waals surface area contributed by atoms with E-state index in [0.717, 1.165) is 28.9 Å². The minimum absolute atomic E-state index is 0.191. The normalized spacial score (nSPS) is 10.3. The molecule has 0 aliphatic carbocycles. The first-order chi connectivity index (χ1) is 9.60. The Morgan fingerprint density at radius 3 is 2.55 bits per heavy atom. The van der Waals surface area contributed by atoms with Crippen molar-refractivity contribution < 1.29 is 9.53 Å². The Balaban J connectivity index is 2.02. The van der Waals surface area contributed by atoms with Gasteiger partial charge in [-0.3, -0.25) is 4.79 Å². The second-order valence-electron chi connectivity index (χ2n) is 5.07. The monoisotopic (exact) mass is 268 g/mol. The van der Waals surface area contributed by atoms with Gasteiger partial charge in [0.1, 0.15) is 5.75 Å². The molecule has 0 aromatic heterocycles. The minimum atomic E-state index is 0.191. The molecule has 20 heavy (non-hydrogen) atoms. The summed E-state index contributed by atoms with van der Waals surface area (Å²) in [5, 5.41) is 0. The first-order valence-corrected chi connectivity index (χ1v) is 6.83. The van der Waals surface area contributed by atoms with Crippen molar-refractivity contribution in [3.05, 3.63) is 64.7 Å². The molecule has 2 rings (SSSR count). The summed E-state index contributed by atoms with van der Waals surface area (Å²) in [4.78, 5) is 12.2. The molecule has 0 radical (unpaired) electrons. The minimum Gasteiger partial charge on any atom is -0.497 e. The molecule has 2 aromatic rings. The molecule has 0 unspecified atom stereocenters. The largest absolute Gasteiger partial charge is 0.497 e. The molecule has 104 valence electrons. The number of hydrogen-bond acceptors (Lipinski definition) is 2. The molecular weight excluding hydrogens is 248 g/mol. The zero-order valence-electron chi connectivity index (χ0n) is 12.3. The maximum Gasteiger partial charge on any atom is 0.163 e. The highest BCUT2D eigenvalue weighted by Gasteiger charge is 2.07. The number of benzene rings is 2. The van der Waals surface area contributed by atoms with Gasteiger partial charge in [0.2, 0.25) is 0 Å². The third-order valence-electron chi connectivity index (χ3n) is 3.60. The molecule has 0 saturated heterocycles. The molecule has 2 heteroatoms. The molecule has 0 heterocycles. The first kappa shape index (κ1) is 14.3. The van der Waals surface area contributed by atoms with E-state index in [-0.39, 0.29) is 5.78 Å². The van der Waals surface area contributed by atoms with Crippen LogP contribution >= 0.6 is 0 Å². The second-order valence-corrected chi connectivity index (χ2v) is 5.07. The molecule has 2 nitrogen and oxygen atoms in total. The average Bonchev–Trinajstić information content (AvgIpc) is 2.47. The van der Waals surface area contributed by atoms with Crippen LogP contribution in [-0.4, -0.2) is 12.9 Å². The van der Waals surface area contributed by atoms with Crippen molar-refractivity contribution in [2.24, 2.45) is 0 Å². The number of Topliss-reactive ketones (excluding diaryl/α,β-unsaturated/α-hetero) is 1. The molecule has 0 bridgehead atoms. The van der Waals surface area contributed by atoms with E-state index in [4.69, 9.17) is 4.74 Å². The fourth-order valence-corrected chi connectivity index (χ4v) is 2.15. The predicted molar refractivity (Wildman–Crippen MR) is 81.6 cm³/mol. The Morgan fingerprint density at radius 2 is 1.85 bits per heavy atom. The number of methoxy groups -OCH3 is 1. The molecular formula is C18H20O2. The lowest BCUT2D eigenvalue weighted by Crippen LogP contribution is -2.02. The number of hydrogen-bond donors (Lipinski definition) is 0. The first-order valence-electron chi connectivity index (χ1n) is 6.83. The maximum absolute atomic E-state index is 12.2. The quantitative estimate of drug-likeness (QED) is 0.762. The number of carbonyl (C=O) groups excluding carboxylic acids is 1. The number of carbonyl (C=O) groups is 1. The van der Waals surface area contributed by atoms with Crippen LogP contribution in [0.3, 0.4) is 0 Å². The molecule has 0 amide bonds. The van der Waals surface area contributed by atoms with Crippen LogP contribution in [0.5, 0.6) is 5.75 Å². The van der Waals surface area contributed by atoms with Gasteiger partial charge in [-0.1, -0.05) is 24.3 Å². The van der Waals surface area contributed by atoms with E-state index >= 15 is 0 Å². The molecule has 0 spiro atoms. The Hall–Kier alpha value is -2.09. The van der Waals surface area contributed by atoms with Crippen LogP contribution in [0.15, 0.2) is 42.5 Å². The Kier molecular flexibility index (Phi) is 4.57. The van der Waals surface area contributed by atoms with Gasteiger partial charge >= 0.3 is 0 Å². The van der Waals surface area contributed by atoms with Crippen LogP contribution in [-0.2, 0) is 6.42 Å². The van der Waals surface area contributed by atoms with Crippen molar-refractivity contribution in [3.8, 4) is 5.75 Å². The van der Waals surface area contributed by atoms with Crippen molar-refractivity contribution in [2.45, 2.75) is 26.7 Å². The summed E-state index contributed by atoms with van der Waals surface area (Å²) in [6, 6.07) is 13.8. The fourth-order valence-electron chi connectivity index (χ4n) is 2.15. The van der Waals surface area contributed by atoms with Crippen LogP contribution in [0.25, 0.3) is 0 Å². The van der Waals surface area contributed by atoms with Gasteiger partial charge in [0, 0.05) is 12.0 Å². The van der Waals surface area contributed by atoms with Gasteiger partial charge in [0.15, 0.2) is 5.78 Å². The lowest BCUT2D eigenvalue weighted by molar-refractivity contribution is 0.0982. The van der Waals surface area contributed by atoms with E-state index in [1.165, 1.54) is 5.56 Å². The van der Waals surface area contributed by atoms with Crippen molar-refractivity contribution in [1.82, 2.24) is 0 Å². The molecule has 0 aliphatic rings. The maximum atomic E-state index is 12.2. The van der Waals surface area contributed by atoms with Gasteiger partial charge in [0.25, 0.3) is 0 Å². The van der Waals surface area contributed by atoms with E-state index in [9.17, 15) is 4.79 Å². The molecule has 0 N–H and O–H groups in total. The summed E-state index contributed by atoms with van der Waals surface area (Å²) in [6.07, 6.45) is 1.26. The van der Waals surface area contributed by atoms with Crippen LogP contribution in [0.2, 0.25) is 0 Å². The second kappa shape index (κ2) is 6.38. The zero-order chi connectivity index (χ0) is 14.5. The van der Waals surface area contributed by atoms with E-state index in [1.807, 2.05) is 49.4 Å². The molecule has 0 saturated carbocycles. The van der Waals surface area contributed by atoms with Gasteiger partial charge in [-0.05, 0) is 55.2 Å². The summed E-state index contributed by atoms with van der Waals surface area (Å²) in [5.41, 5.74) is 4.31. The third-order valence-corrected chi connectivity index (χ3v) is 3.60. The molecule has 0 fully saturated rings. The highest BCUT2D eigenvalue weighted by atomic mass is 16.5. The van der Waals surface area contributed by atoms with E-state index in [2.05, 4.69) is 6.92 Å². The molecule has 0 aliphatic heterocycles. The summed E-state index contributed by atoms with van der Waals surface area (Å²) in [6.45, 7) is 4.09. The van der Waals surface area contributed by atoms with Gasteiger partial charge in [0.05, 0.1) is 7.11 Å². The van der Waals surface area contributed by atoms with Gasteiger partial charge in [-0.25, -0.2) is 0 Å². The zero-order valence-corrected chi connectivity index (χ0v) is 12.3. The highest BCUT2D eigenvalue weighted by molar-refractivity contribution is 5.96. The number of ether oxygens (including phenoxy) is 1. The summed E-state index contributed by atoms with van der Waals surface area (Å²) in [7, 11) is 1.65. The van der Waals surface area contributed by atoms with Crippen LogP contribution in [0, 0.1) is 13.8 Å². The number of rotatable bonds is 5. The van der Waals surface area contributed by atoms with Crippen molar-refractivity contribution in [3.63, 3.8) is 0 Å². The number of aryl methyl sites for hydroxylation is 3.